The second-order valence-corrected chi connectivity index (χ2v) is 12.5. The fourth-order valence-corrected chi connectivity index (χ4v) is 6.15. The van der Waals surface area contributed by atoms with Gasteiger partial charge in [0.1, 0.15) is 17.3 Å². The Labute approximate surface area is 260 Å². The van der Waals surface area contributed by atoms with E-state index < -0.39 is 29.0 Å². The maximum absolute atomic E-state index is 15.1. The van der Waals surface area contributed by atoms with E-state index in [1.807, 2.05) is 32.8 Å². The summed E-state index contributed by atoms with van der Waals surface area (Å²) < 4.78 is 25.9. The first-order chi connectivity index (χ1) is 20.9. The number of piperidine rings is 1. The van der Waals surface area contributed by atoms with E-state index in [1.54, 1.807) is 72.5 Å². The van der Waals surface area contributed by atoms with Crippen LogP contribution in [0, 0.1) is 30.0 Å². The van der Waals surface area contributed by atoms with Crippen LogP contribution in [0.25, 0.3) is 0 Å². The second kappa shape index (κ2) is 13.7. The number of rotatable bonds is 11. The SMILES string of the molecule is COc1cccc(C(=O)[C@H]2CN(C(=O)C(C)(C)CCN(C)C)C[C@@H](C(=O)c3cccc(OC)c3)[C@@H]2c2cccc(F)c2C)c1. The minimum Gasteiger partial charge on any atom is -0.497 e. The van der Waals surface area contributed by atoms with Gasteiger partial charge >= 0.3 is 0 Å². The average molecular weight is 603 g/mol. The van der Waals surface area contributed by atoms with Crippen LogP contribution in [0.4, 0.5) is 4.39 Å². The van der Waals surface area contributed by atoms with Crippen molar-refractivity contribution >= 4 is 17.5 Å². The Morgan fingerprint density at radius 1 is 0.864 bits per heavy atom. The zero-order chi connectivity index (χ0) is 32.2. The Hall–Kier alpha value is -4.04. The summed E-state index contributed by atoms with van der Waals surface area (Å²) in [5.41, 5.74) is 1.05. The zero-order valence-electron chi connectivity index (χ0n) is 26.7. The lowest BCUT2D eigenvalue weighted by Crippen LogP contribution is -2.55. The molecule has 0 aliphatic carbocycles. The van der Waals surface area contributed by atoms with E-state index in [9.17, 15) is 14.4 Å². The van der Waals surface area contributed by atoms with E-state index in [0.29, 0.717) is 46.7 Å². The molecule has 0 aromatic heterocycles. The molecule has 0 N–H and O–H groups in total. The highest BCUT2D eigenvalue weighted by Crippen LogP contribution is 2.44. The van der Waals surface area contributed by atoms with Gasteiger partial charge in [0.05, 0.1) is 14.2 Å². The lowest BCUT2D eigenvalue weighted by Gasteiger charge is -2.45. The number of nitrogens with zero attached hydrogens (tertiary/aromatic N) is 2. The van der Waals surface area contributed by atoms with Gasteiger partial charge in [-0.25, -0.2) is 4.39 Å². The largest absolute Gasteiger partial charge is 0.497 e. The molecule has 3 atom stereocenters. The fraction of sp³-hybridized carbons (Fsp3) is 0.417. The average Bonchev–Trinajstić information content (AvgIpc) is 3.03. The van der Waals surface area contributed by atoms with Crippen molar-refractivity contribution < 1.29 is 28.2 Å². The van der Waals surface area contributed by atoms with Crippen LogP contribution in [-0.2, 0) is 4.79 Å². The number of amides is 1. The van der Waals surface area contributed by atoms with Crippen LogP contribution in [0.1, 0.15) is 58.0 Å². The monoisotopic (exact) mass is 602 g/mol. The number of hydrogen-bond donors (Lipinski definition) is 0. The Balaban J connectivity index is 1.89. The van der Waals surface area contributed by atoms with Crippen molar-refractivity contribution in [2.45, 2.75) is 33.1 Å². The molecular weight excluding hydrogens is 559 g/mol. The maximum Gasteiger partial charge on any atom is 0.228 e. The van der Waals surface area contributed by atoms with Crippen molar-refractivity contribution in [3.63, 3.8) is 0 Å². The van der Waals surface area contributed by atoms with Crippen LogP contribution in [0.15, 0.2) is 66.7 Å². The highest BCUT2D eigenvalue weighted by molar-refractivity contribution is 6.03. The fourth-order valence-electron chi connectivity index (χ4n) is 6.15. The number of hydrogen-bond acceptors (Lipinski definition) is 6. The van der Waals surface area contributed by atoms with Gasteiger partial charge < -0.3 is 19.3 Å². The molecule has 1 fully saturated rings. The normalized spacial score (nSPS) is 18.7. The highest BCUT2D eigenvalue weighted by Gasteiger charge is 2.48. The van der Waals surface area contributed by atoms with Gasteiger partial charge in [0.25, 0.3) is 0 Å². The van der Waals surface area contributed by atoms with Gasteiger partial charge in [0.15, 0.2) is 11.6 Å². The minimum atomic E-state index is -0.815. The smallest absolute Gasteiger partial charge is 0.228 e. The number of Topliss-reactive ketones (excluding diaryl/α,β-unsaturated/α-hetero) is 2. The molecule has 3 aromatic rings. The standard InChI is InChI=1S/C36H43FN2O5/c1-23-28(15-10-16-31(23)37)32-29(33(40)24-11-8-13-26(19-24)43-6)21-39(35(42)36(2,3)17-18-38(4)5)22-30(32)34(41)25-12-9-14-27(20-25)44-7/h8-16,19-20,29-30,32H,17-18,21-22H2,1-7H3/t29-,30+,32+. The van der Waals surface area contributed by atoms with Crippen molar-refractivity contribution in [1.29, 1.82) is 0 Å². The lowest BCUT2D eigenvalue weighted by molar-refractivity contribution is -0.143. The number of halogens is 1. The number of carbonyl (C=O) groups is 3. The van der Waals surface area contributed by atoms with Crippen LogP contribution in [-0.4, -0.2) is 75.2 Å². The molecule has 0 spiro atoms. The number of benzene rings is 3. The molecule has 0 saturated carbocycles. The predicted octanol–water partition coefficient (Wildman–Crippen LogP) is 6.05. The summed E-state index contributed by atoms with van der Waals surface area (Å²) in [4.78, 5) is 46.8. The molecule has 7 nitrogen and oxygen atoms in total. The summed E-state index contributed by atoms with van der Waals surface area (Å²) in [7, 11) is 6.97. The zero-order valence-corrected chi connectivity index (χ0v) is 26.7. The summed E-state index contributed by atoms with van der Waals surface area (Å²) >= 11 is 0. The topological polar surface area (TPSA) is 76.2 Å². The van der Waals surface area contributed by atoms with Gasteiger partial charge in [-0.2, -0.15) is 0 Å². The third-order valence-corrected chi connectivity index (χ3v) is 8.80. The van der Waals surface area contributed by atoms with E-state index in [4.69, 9.17) is 9.47 Å². The molecule has 1 amide bonds. The Kier molecular flexibility index (Phi) is 10.3. The third-order valence-electron chi connectivity index (χ3n) is 8.80. The molecule has 8 heteroatoms. The number of likely N-dealkylation sites (tertiary alicyclic amines) is 1. The van der Waals surface area contributed by atoms with Crippen molar-refractivity contribution in [2.75, 3.05) is 47.9 Å². The van der Waals surface area contributed by atoms with Crippen molar-refractivity contribution in [3.8, 4) is 11.5 Å². The van der Waals surface area contributed by atoms with E-state index in [2.05, 4.69) is 0 Å². The Morgan fingerprint density at radius 2 is 1.36 bits per heavy atom. The molecule has 1 saturated heterocycles. The van der Waals surface area contributed by atoms with Crippen LogP contribution in [0.3, 0.4) is 0 Å². The summed E-state index contributed by atoms with van der Waals surface area (Å²) in [6.45, 7) is 6.38. The highest BCUT2D eigenvalue weighted by atomic mass is 19.1. The quantitative estimate of drug-likeness (QED) is 0.249. The molecule has 3 aromatic carbocycles. The molecule has 4 rings (SSSR count). The number of carbonyl (C=O) groups excluding carboxylic acids is 3. The second-order valence-electron chi connectivity index (χ2n) is 12.5. The first kappa shape index (κ1) is 32.9. The van der Waals surface area contributed by atoms with Crippen molar-refractivity contribution in [3.05, 3.63) is 94.8 Å². The Bertz CT molecular complexity index is 1450. The van der Waals surface area contributed by atoms with Crippen molar-refractivity contribution in [2.24, 2.45) is 17.3 Å². The minimum absolute atomic E-state index is 0.1000. The number of methoxy groups -OCH3 is 2. The van der Waals surface area contributed by atoms with Gasteiger partial charge in [-0.15, -0.1) is 0 Å². The van der Waals surface area contributed by atoms with Gasteiger partial charge in [-0.1, -0.05) is 50.2 Å². The first-order valence-electron chi connectivity index (χ1n) is 14.9. The molecule has 44 heavy (non-hydrogen) atoms. The third kappa shape index (κ3) is 7.02. The predicted molar refractivity (Wildman–Crippen MR) is 169 cm³/mol. The molecule has 234 valence electrons. The molecular formula is C36H43FN2O5. The summed E-state index contributed by atoms with van der Waals surface area (Å²) in [6, 6.07) is 18.5. The molecule has 1 aliphatic heterocycles. The summed E-state index contributed by atoms with van der Waals surface area (Å²) in [6.07, 6.45) is 0.602. The Morgan fingerprint density at radius 3 is 1.84 bits per heavy atom. The van der Waals surface area contributed by atoms with E-state index in [-0.39, 0.29) is 30.6 Å². The van der Waals surface area contributed by atoms with E-state index in [0.717, 1.165) is 0 Å². The summed E-state index contributed by atoms with van der Waals surface area (Å²) in [5, 5.41) is 0. The number of ether oxygens (including phenoxy) is 2. The van der Waals surface area contributed by atoms with Gasteiger partial charge in [0, 0.05) is 47.4 Å². The van der Waals surface area contributed by atoms with E-state index >= 15 is 4.39 Å². The van der Waals surface area contributed by atoms with Crippen LogP contribution >= 0.6 is 0 Å². The van der Waals surface area contributed by atoms with Gasteiger partial charge in [-0.05, 0) is 75.4 Å². The van der Waals surface area contributed by atoms with Gasteiger partial charge in [-0.3, -0.25) is 14.4 Å². The molecule has 1 heterocycles. The molecule has 0 unspecified atom stereocenters. The van der Waals surface area contributed by atoms with Gasteiger partial charge in [0.2, 0.25) is 5.91 Å². The lowest BCUT2D eigenvalue weighted by atomic mass is 9.67. The van der Waals surface area contributed by atoms with Crippen LogP contribution in [0.2, 0.25) is 0 Å². The molecule has 0 bridgehead atoms. The van der Waals surface area contributed by atoms with Crippen LogP contribution < -0.4 is 9.47 Å². The van der Waals surface area contributed by atoms with E-state index in [1.165, 1.54) is 20.3 Å². The maximum atomic E-state index is 15.1. The number of ketones is 2. The molecule has 0 radical (unpaired) electrons. The molecule has 1 aliphatic rings. The first-order valence-corrected chi connectivity index (χ1v) is 14.9. The van der Waals surface area contributed by atoms with Crippen molar-refractivity contribution in [1.82, 2.24) is 9.80 Å². The van der Waals surface area contributed by atoms with Crippen LogP contribution in [0.5, 0.6) is 11.5 Å². The summed E-state index contributed by atoms with van der Waals surface area (Å²) in [5.74, 6) is -2.27.